The van der Waals surface area contributed by atoms with Crippen molar-refractivity contribution in [2.75, 3.05) is 23.3 Å². The highest BCUT2D eigenvalue weighted by Crippen LogP contribution is 2.23. The van der Waals surface area contributed by atoms with E-state index in [1.165, 1.54) is 18.9 Å². The summed E-state index contributed by atoms with van der Waals surface area (Å²) in [4.78, 5) is 39.5. The first-order valence-corrected chi connectivity index (χ1v) is 11.6. The summed E-state index contributed by atoms with van der Waals surface area (Å²) in [6.07, 6.45) is 2.49. The van der Waals surface area contributed by atoms with E-state index < -0.39 is 6.04 Å². The molecule has 176 valence electrons. The molecule has 2 heterocycles. The second-order valence-electron chi connectivity index (χ2n) is 8.55. The van der Waals surface area contributed by atoms with E-state index in [-0.39, 0.29) is 30.3 Å². The summed E-state index contributed by atoms with van der Waals surface area (Å²) >= 11 is 0. The normalized spacial score (nSPS) is 14.0. The first-order chi connectivity index (χ1) is 16.5. The number of benzene rings is 2. The summed E-state index contributed by atoms with van der Waals surface area (Å²) in [6.45, 7) is 3.61. The summed E-state index contributed by atoms with van der Waals surface area (Å²) in [5.41, 5.74) is 2.94. The van der Waals surface area contributed by atoms with Gasteiger partial charge in [-0.3, -0.25) is 14.4 Å². The Hall–Kier alpha value is -3.94. The quantitative estimate of drug-likeness (QED) is 0.540. The topological polar surface area (TPSA) is 96.3 Å². The molecule has 0 spiro atoms. The van der Waals surface area contributed by atoms with Crippen molar-refractivity contribution in [2.45, 2.75) is 38.8 Å². The number of hydrogen-bond donors (Lipinski definition) is 2. The van der Waals surface area contributed by atoms with E-state index in [4.69, 9.17) is 0 Å². The van der Waals surface area contributed by atoms with Gasteiger partial charge in [0.2, 0.25) is 11.8 Å². The van der Waals surface area contributed by atoms with Crippen LogP contribution < -0.4 is 21.1 Å². The Balaban J connectivity index is 1.31. The monoisotopic (exact) mass is 459 g/mol. The lowest BCUT2D eigenvalue weighted by Crippen LogP contribution is -2.39. The van der Waals surface area contributed by atoms with Crippen molar-refractivity contribution in [1.29, 1.82) is 0 Å². The second kappa shape index (κ2) is 10.8. The predicted molar refractivity (Wildman–Crippen MR) is 133 cm³/mol. The highest BCUT2D eigenvalue weighted by Gasteiger charge is 2.16. The van der Waals surface area contributed by atoms with Gasteiger partial charge in [-0.25, -0.2) is 4.68 Å². The molecule has 34 heavy (non-hydrogen) atoms. The van der Waals surface area contributed by atoms with E-state index in [1.54, 1.807) is 13.0 Å². The van der Waals surface area contributed by atoms with Gasteiger partial charge < -0.3 is 15.5 Å². The number of amides is 2. The third kappa shape index (κ3) is 6.10. The van der Waals surface area contributed by atoms with Crippen LogP contribution in [0.3, 0.4) is 0 Å². The highest BCUT2D eigenvalue weighted by atomic mass is 16.2. The van der Waals surface area contributed by atoms with Crippen LogP contribution in [0.1, 0.15) is 26.2 Å². The largest absolute Gasteiger partial charge is 0.371 e. The molecule has 8 nitrogen and oxygen atoms in total. The van der Waals surface area contributed by atoms with Gasteiger partial charge >= 0.3 is 0 Å². The maximum atomic E-state index is 12.5. The number of aromatic nitrogens is 2. The van der Waals surface area contributed by atoms with Crippen LogP contribution >= 0.6 is 0 Å². The van der Waals surface area contributed by atoms with Crippen molar-refractivity contribution < 1.29 is 9.59 Å². The van der Waals surface area contributed by atoms with E-state index in [1.807, 2.05) is 54.6 Å². The van der Waals surface area contributed by atoms with Crippen LogP contribution in [0, 0.1) is 0 Å². The molecule has 2 N–H and O–H groups in total. The first-order valence-electron chi connectivity index (χ1n) is 11.6. The fourth-order valence-corrected chi connectivity index (χ4v) is 4.08. The zero-order chi connectivity index (χ0) is 23.9. The third-order valence-corrected chi connectivity index (χ3v) is 5.73. The van der Waals surface area contributed by atoms with Gasteiger partial charge in [0.15, 0.2) is 0 Å². The fraction of sp³-hybridized carbons (Fsp3) is 0.308. The Morgan fingerprint density at radius 1 is 0.971 bits per heavy atom. The Bertz CT molecular complexity index is 1200. The average Bonchev–Trinajstić information content (AvgIpc) is 3.36. The Morgan fingerprint density at radius 3 is 2.50 bits per heavy atom. The minimum absolute atomic E-state index is 0.117. The van der Waals surface area contributed by atoms with Crippen LogP contribution in [0.15, 0.2) is 71.5 Å². The van der Waals surface area contributed by atoms with Crippen LogP contribution in [-0.4, -0.2) is 40.7 Å². The lowest BCUT2D eigenvalue weighted by Gasteiger charge is -2.19. The van der Waals surface area contributed by atoms with Crippen LogP contribution in [-0.2, 0) is 16.1 Å². The van der Waals surface area contributed by atoms with E-state index >= 15 is 0 Å². The molecule has 1 aliphatic heterocycles. The van der Waals surface area contributed by atoms with E-state index in [2.05, 4.69) is 20.6 Å². The molecule has 0 aliphatic carbocycles. The number of nitrogens with one attached hydrogen (secondary N) is 2. The molecule has 0 saturated carbocycles. The predicted octanol–water partition coefficient (Wildman–Crippen LogP) is 3.04. The van der Waals surface area contributed by atoms with Gasteiger partial charge in [0.05, 0.1) is 5.69 Å². The summed E-state index contributed by atoms with van der Waals surface area (Å²) in [7, 11) is 0. The van der Waals surface area contributed by atoms with E-state index in [0.717, 1.165) is 34.7 Å². The minimum atomic E-state index is -0.401. The Morgan fingerprint density at radius 2 is 1.74 bits per heavy atom. The highest BCUT2D eigenvalue weighted by molar-refractivity contribution is 5.92. The van der Waals surface area contributed by atoms with Crippen molar-refractivity contribution in [3.05, 3.63) is 77.1 Å². The number of hydrogen-bond acceptors (Lipinski definition) is 5. The van der Waals surface area contributed by atoms with Crippen molar-refractivity contribution in [3.8, 4) is 11.3 Å². The summed E-state index contributed by atoms with van der Waals surface area (Å²) < 4.78 is 1.13. The summed E-state index contributed by atoms with van der Waals surface area (Å²) in [6, 6.07) is 19.9. The Kier molecular flexibility index (Phi) is 7.37. The van der Waals surface area contributed by atoms with Gasteiger partial charge in [0, 0.05) is 48.6 Å². The van der Waals surface area contributed by atoms with Gasteiger partial charge in [0.25, 0.3) is 5.56 Å². The standard InChI is InChI=1S/C26H29N5O3/c1-19(16-24(32)28-21-10-7-11-22(17-21)30-14-5-6-15-30)27-25(33)18-31-26(34)13-12-23(29-31)20-8-3-2-4-9-20/h2-4,7-13,17,19H,5-6,14-16,18H2,1H3,(H,27,33)(H,28,32). The van der Waals surface area contributed by atoms with Crippen LogP contribution in [0.4, 0.5) is 11.4 Å². The summed E-state index contributed by atoms with van der Waals surface area (Å²) in [5, 5.41) is 10.00. The maximum Gasteiger partial charge on any atom is 0.267 e. The molecule has 1 fully saturated rings. The SMILES string of the molecule is CC(CC(=O)Nc1cccc(N2CCCC2)c1)NC(=O)Cn1nc(-c2ccccc2)ccc1=O. The molecule has 2 aromatic carbocycles. The molecule has 1 saturated heterocycles. The molecular formula is C26H29N5O3. The fourth-order valence-electron chi connectivity index (χ4n) is 4.08. The zero-order valence-corrected chi connectivity index (χ0v) is 19.2. The average molecular weight is 460 g/mol. The number of rotatable bonds is 8. The smallest absolute Gasteiger partial charge is 0.267 e. The van der Waals surface area contributed by atoms with Gasteiger partial charge in [-0.15, -0.1) is 0 Å². The van der Waals surface area contributed by atoms with Crippen LogP contribution in [0.2, 0.25) is 0 Å². The third-order valence-electron chi connectivity index (χ3n) is 5.73. The second-order valence-corrected chi connectivity index (χ2v) is 8.55. The van der Waals surface area contributed by atoms with Crippen molar-refractivity contribution >= 4 is 23.2 Å². The lowest BCUT2D eigenvalue weighted by atomic mass is 10.1. The van der Waals surface area contributed by atoms with E-state index in [9.17, 15) is 14.4 Å². The molecule has 1 unspecified atom stereocenters. The molecule has 4 rings (SSSR count). The number of anilines is 2. The minimum Gasteiger partial charge on any atom is -0.371 e. The number of carbonyl (C=O) groups excluding carboxylic acids is 2. The molecule has 0 radical (unpaired) electrons. The van der Waals surface area contributed by atoms with Gasteiger partial charge in [-0.2, -0.15) is 5.10 Å². The number of carbonyl (C=O) groups is 2. The molecule has 1 atom stereocenters. The molecule has 1 aliphatic rings. The first kappa shape index (κ1) is 23.2. The maximum absolute atomic E-state index is 12.5. The molecular weight excluding hydrogens is 430 g/mol. The zero-order valence-electron chi connectivity index (χ0n) is 19.2. The lowest BCUT2D eigenvalue weighted by molar-refractivity contribution is -0.123. The Labute approximate surface area is 198 Å². The van der Waals surface area contributed by atoms with Crippen molar-refractivity contribution in [1.82, 2.24) is 15.1 Å². The molecule has 1 aromatic heterocycles. The molecule has 2 amide bonds. The molecule has 3 aromatic rings. The van der Waals surface area contributed by atoms with Crippen molar-refractivity contribution in [2.24, 2.45) is 0 Å². The van der Waals surface area contributed by atoms with E-state index in [0.29, 0.717) is 5.69 Å². The van der Waals surface area contributed by atoms with Gasteiger partial charge in [-0.1, -0.05) is 36.4 Å². The van der Waals surface area contributed by atoms with Crippen LogP contribution in [0.5, 0.6) is 0 Å². The number of nitrogens with zero attached hydrogens (tertiary/aromatic N) is 3. The van der Waals surface area contributed by atoms with Crippen molar-refractivity contribution in [3.63, 3.8) is 0 Å². The van der Waals surface area contributed by atoms with Gasteiger partial charge in [-0.05, 0) is 44.0 Å². The summed E-state index contributed by atoms with van der Waals surface area (Å²) in [5.74, 6) is -0.566. The molecule has 0 bridgehead atoms. The van der Waals surface area contributed by atoms with Gasteiger partial charge in [0.1, 0.15) is 6.54 Å². The molecule has 8 heteroatoms. The van der Waals surface area contributed by atoms with Crippen LogP contribution in [0.25, 0.3) is 11.3 Å².